The van der Waals surface area contributed by atoms with Gasteiger partial charge in [-0.2, -0.15) is 0 Å². The predicted molar refractivity (Wildman–Crippen MR) is 98.8 cm³/mol. The summed E-state index contributed by atoms with van der Waals surface area (Å²) in [5, 5.41) is 2.82. The van der Waals surface area contributed by atoms with Crippen molar-refractivity contribution >= 4 is 15.9 Å². The second kappa shape index (κ2) is 8.68. The van der Waals surface area contributed by atoms with E-state index in [9.17, 15) is 13.2 Å². The van der Waals surface area contributed by atoms with E-state index >= 15 is 0 Å². The molecule has 0 aliphatic rings. The molecule has 2 rings (SSSR count). The van der Waals surface area contributed by atoms with E-state index in [1.807, 2.05) is 0 Å². The lowest BCUT2D eigenvalue weighted by atomic mass is 10.1. The van der Waals surface area contributed by atoms with Crippen LogP contribution in [0.1, 0.15) is 21.5 Å². The van der Waals surface area contributed by atoms with Gasteiger partial charge in [0, 0.05) is 6.54 Å². The molecule has 2 aromatic rings. The number of nitrogens with one attached hydrogen (secondary N) is 2. The van der Waals surface area contributed by atoms with Crippen LogP contribution in [0, 0.1) is 0 Å². The molecule has 0 bridgehead atoms. The molecule has 1 amide bonds. The molecule has 140 valence electrons. The van der Waals surface area contributed by atoms with E-state index in [0.717, 1.165) is 5.56 Å². The Morgan fingerprint density at radius 3 is 2.23 bits per heavy atom. The highest BCUT2D eigenvalue weighted by atomic mass is 32.2. The van der Waals surface area contributed by atoms with Crippen LogP contribution in [0.25, 0.3) is 0 Å². The number of methoxy groups -OCH3 is 2. The van der Waals surface area contributed by atoms with Crippen molar-refractivity contribution in [2.24, 2.45) is 0 Å². The number of hydrogen-bond acceptors (Lipinski definition) is 5. The molecule has 0 aromatic heterocycles. The SMILES string of the molecule is CNS(=O)(=O)Cc1ccc(CNC(=O)c2cc(OC)ccc2OC)cc1. The van der Waals surface area contributed by atoms with Gasteiger partial charge in [-0.05, 0) is 36.4 Å². The number of sulfonamides is 1. The molecular weight excluding hydrogens is 356 g/mol. The second-order valence-corrected chi connectivity index (χ2v) is 7.46. The van der Waals surface area contributed by atoms with Gasteiger partial charge in [0.25, 0.3) is 5.91 Å². The van der Waals surface area contributed by atoms with E-state index < -0.39 is 10.0 Å². The maximum Gasteiger partial charge on any atom is 0.255 e. The quantitative estimate of drug-likeness (QED) is 0.729. The van der Waals surface area contributed by atoms with Crippen molar-refractivity contribution in [2.75, 3.05) is 21.3 Å². The fourth-order valence-electron chi connectivity index (χ4n) is 2.31. The minimum Gasteiger partial charge on any atom is -0.497 e. The Morgan fingerprint density at radius 1 is 1.00 bits per heavy atom. The molecule has 2 N–H and O–H groups in total. The topological polar surface area (TPSA) is 93.7 Å². The first-order valence-corrected chi connectivity index (χ1v) is 9.53. The third-order valence-electron chi connectivity index (χ3n) is 3.80. The van der Waals surface area contributed by atoms with Gasteiger partial charge in [-0.25, -0.2) is 13.1 Å². The molecule has 2 aromatic carbocycles. The molecule has 8 heteroatoms. The fourth-order valence-corrected chi connectivity index (χ4v) is 3.09. The molecular formula is C18H22N2O5S. The fraction of sp³-hybridized carbons (Fsp3) is 0.278. The summed E-state index contributed by atoms with van der Waals surface area (Å²) in [5.41, 5.74) is 1.90. The van der Waals surface area contributed by atoms with Gasteiger partial charge < -0.3 is 14.8 Å². The van der Waals surface area contributed by atoms with E-state index in [-0.39, 0.29) is 11.7 Å². The van der Waals surface area contributed by atoms with Crippen molar-refractivity contribution in [3.8, 4) is 11.5 Å². The Balaban J connectivity index is 2.03. The zero-order valence-electron chi connectivity index (χ0n) is 14.9. The van der Waals surface area contributed by atoms with Crippen LogP contribution in [-0.2, 0) is 22.3 Å². The van der Waals surface area contributed by atoms with Crippen LogP contribution in [0.2, 0.25) is 0 Å². The first-order chi connectivity index (χ1) is 12.4. The second-order valence-electron chi connectivity index (χ2n) is 5.53. The van der Waals surface area contributed by atoms with Crippen molar-refractivity contribution in [3.05, 3.63) is 59.2 Å². The Kier molecular flexibility index (Phi) is 6.59. The molecule has 0 radical (unpaired) electrons. The van der Waals surface area contributed by atoms with Gasteiger partial charge in [-0.3, -0.25) is 4.79 Å². The zero-order chi connectivity index (χ0) is 19.2. The highest BCUT2D eigenvalue weighted by Crippen LogP contribution is 2.23. The van der Waals surface area contributed by atoms with E-state index in [1.54, 1.807) is 42.5 Å². The first-order valence-electron chi connectivity index (χ1n) is 7.88. The highest BCUT2D eigenvalue weighted by molar-refractivity contribution is 7.88. The minimum absolute atomic E-state index is 0.0862. The number of carbonyl (C=O) groups is 1. The van der Waals surface area contributed by atoms with Crippen LogP contribution < -0.4 is 19.5 Å². The van der Waals surface area contributed by atoms with Gasteiger partial charge in [0.05, 0.1) is 25.5 Å². The maximum absolute atomic E-state index is 12.4. The van der Waals surface area contributed by atoms with Crippen molar-refractivity contribution in [2.45, 2.75) is 12.3 Å². The molecule has 0 aliphatic carbocycles. The van der Waals surface area contributed by atoms with Crippen LogP contribution in [0.5, 0.6) is 11.5 Å². The number of hydrogen-bond donors (Lipinski definition) is 2. The standard InChI is InChI=1S/C18H22N2O5S/c1-19-26(22,23)12-14-6-4-13(5-7-14)11-20-18(21)16-10-15(24-2)8-9-17(16)25-3/h4-10,19H,11-12H2,1-3H3,(H,20,21). The molecule has 0 heterocycles. The van der Waals surface area contributed by atoms with Crippen LogP contribution >= 0.6 is 0 Å². The lowest BCUT2D eigenvalue weighted by Crippen LogP contribution is -2.23. The predicted octanol–water partition coefficient (Wildman–Crippen LogP) is 1.68. The summed E-state index contributed by atoms with van der Waals surface area (Å²) in [6.45, 7) is 0.304. The van der Waals surface area contributed by atoms with Gasteiger partial charge in [0.2, 0.25) is 10.0 Å². The third-order valence-corrected chi connectivity index (χ3v) is 5.13. The summed E-state index contributed by atoms with van der Waals surface area (Å²) in [6.07, 6.45) is 0. The molecule has 0 atom stereocenters. The van der Waals surface area contributed by atoms with Crippen LogP contribution in [-0.4, -0.2) is 35.6 Å². The van der Waals surface area contributed by atoms with Gasteiger partial charge in [-0.15, -0.1) is 0 Å². The van der Waals surface area contributed by atoms with Crippen LogP contribution in [0.4, 0.5) is 0 Å². The van der Waals surface area contributed by atoms with Crippen LogP contribution in [0.15, 0.2) is 42.5 Å². The van der Waals surface area contributed by atoms with E-state index in [4.69, 9.17) is 9.47 Å². The number of benzene rings is 2. The average Bonchev–Trinajstić information content (AvgIpc) is 2.66. The Labute approximate surface area is 153 Å². The number of rotatable bonds is 8. The Hall–Kier alpha value is -2.58. The third kappa shape index (κ3) is 5.21. The van der Waals surface area contributed by atoms with Crippen molar-refractivity contribution in [1.82, 2.24) is 10.0 Å². The lowest BCUT2D eigenvalue weighted by molar-refractivity contribution is 0.0947. The molecule has 0 saturated carbocycles. The summed E-state index contributed by atoms with van der Waals surface area (Å²) in [5.74, 6) is 0.640. The van der Waals surface area contributed by atoms with Crippen LogP contribution in [0.3, 0.4) is 0 Å². The molecule has 0 unspecified atom stereocenters. The molecule has 26 heavy (non-hydrogen) atoms. The average molecular weight is 378 g/mol. The summed E-state index contributed by atoms with van der Waals surface area (Å²) in [6, 6.07) is 12.0. The largest absolute Gasteiger partial charge is 0.497 e. The Morgan fingerprint density at radius 2 is 1.65 bits per heavy atom. The van der Waals surface area contributed by atoms with E-state index in [0.29, 0.717) is 29.2 Å². The van der Waals surface area contributed by atoms with Gasteiger partial charge >= 0.3 is 0 Å². The number of ether oxygens (including phenoxy) is 2. The zero-order valence-corrected chi connectivity index (χ0v) is 15.7. The van der Waals surface area contributed by atoms with Gasteiger partial charge in [-0.1, -0.05) is 24.3 Å². The monoisotopic (exact) mass is 378 g/mol. The van der Waals surface area contributed by atoms with Crippen molar-refractivity contribution < 1.29 is 22.7 Å². The summed E-state index contributed by atoms with van der Waals surface area (Å²) in [7, 11) is 1.10. The molecule has 0 fully saturated rings. The smallest absolute Gasteiger partial charge is 0.255 e. The Bertz CT molecular complexity index is 864. The molecule has 0 saturated heterocycles. The molecule has 7 nitrogen and oxygen atoms in total. The first kappa shape index (κ1) is 19.7. The maximum atomic E-state index is 12.4. The van der Waals surface area contributed by atoms with E-state index in [2.05, 4.69) is 10.0 Å². The molecule has 0 spiro atoms. The normalized spacial score (nSPS) is 11.0. The van der Waals surface area contributed by atoms with Crippen molar-refractivity contribution in [1.29, 1.82) is 0 Å². The number of carbonyl (C=O) groups excluding carboxylic acids is 1. The van der Waals surface area contributed by atoms with Crippen molar-refractivity contribution in [3.63, 3.8) is 0 Å². The lowest BCUT2D eigenvalue weighted by Gasteiger charge is -2.11. The number of amides is 1. The van der Waals surface area contributed by atoms with Gasteiger partial charge in [0.15, 0.2) is 0 Å². The summed E-state index contributed by atoms with van der Waals surface area (Å²) < 4.78 is 35.7. The van der Waals surface area contributed by atoms with E-state index in [1.165, 1.54) is 21.3 Å². The molecule has 0 aliphatic heterocycles. The minimum atomic E-state index is -3.31. The summed E-state index contributed by atoms with van der Waals surface area (Å²) >= 11 is 0. The summed E-state index contributed by atoms with van der Waals surface area (Å²) in [4.78, 5) is 12.4. The van der Waals surface area contributed by atoms with Gasteiger partial charge in [0.1, 0.15) is 11.5 Å². The highest BCUT2D eigenvalue weighted by Gasteiger charge is 2.13.